The molecule has 3 N–H and O–H groups in total. The summed E-state index contributed by atoms with van der Waals surface area (Å²) in [6, 6.07) is 8.58. The van der Waals surface area contributed by atoms with Gasteiger partial charge in [0, 0.05) is 23.7 Å². The number of anilines is 1. The zero-order chi connectivity index (χ0) is 19.6. The van der Waals surface area contributed by atoms with Gasteiger partial charge in [-0.2, -0.15) is 5.26 Å². The van der Waals surface area contributed by atoms with Crippen molar-refractivity contribution in [1.29, 1.82) is 5.26 Å². The Morgan fingerprint density at radius 3 is 2.78 bits per heavy atom. The predicted molar refractivity (Wildman–Crippen MR) is 104 cm³/mol. The Hall–Kier alpha value is -3.18. The van der Waals surface area contributed by atoms with E-state index in [0.717, 1.165) is 6.42 Å². The fourth-order valence-electron chi connectivity index (χ4n) is 2.94. The summed E-state index contributed by atoms with van der Waals surface area (Å²) in [7, 11) is 1.53. The van der Waals surface area contributed by atoms with Gasteiger partial charge in [-0.3, -0.25) is 4.79 Å². The summed E-state index contributed by atoms with van der Waals surface area (Å²) in [5.41, 5.74) is 1.36. The predicted octanol–water partition coefficient (Wildman–Crippen LogP) is 2.71. The number of rotatable bonds is 5. The van der Waals surface area contributed by atoms with Crippen molar-refractivity contribution in [3.05, 3.63) is 47.2 Å². The fraction of sp³-hybridized carbons (Fsp3) is 0.263. The molecule has 1 unspecified atom stereocenters. The van der Waals surface area contributed by atoms with Crippen molar-refractivity contribution in [1.82, 2.24) is 10.3 Å². The van der Waals surface area contributed by atoms with Crippen LogP contribution in [0.4, 0.5) is 5.82 Å². The summed E-state index contributed by atoms with van der Waals surface area (Å²) < 4.78 is 5.35. The van der Waals surface area contributed by atoms with Crippen LogP contribution in [0.3, 0.4) is 0 Å². The SMILES string of the molecule is COc1ccc(C(C)=O)c(O)c1C1C[C@H]1NC(=S)Nc1ccc(C#N)cn1. The Balaban J connectivity index is 1.69. The van der Waals surface area contributed by atoms with Crippen LogP contribution in [0, 0.1) is 11.3 Å². The van der Waals surface area contributed by atoms with Crippen molar-refractivity contribution in [3.8, 4) is 17.6 Å². The molecular weight excluding hydrogens is 364 g/mol. The van der Waals surface area contributed by atoms with E-state index in [9.17, 15) is 9.90 Å². The number of phenols is 1. The lowest BCUT2D eigenvalue weighted by Crippen LogP contribution is -2.31. The van der Waals surface area contributed by atoms with Crippen molar-refractivity contribution in [3.63, 3.8) is 0 Å². The number of nitrogens with one attached hydrogen (secondary N) is 2. The molecule has 138 valence electrons. The topological polar surface area (TPSA) is 107 Å². The van der Waals surface area contributed by atoms with E-state index < -0.39 is 0 Å². The van der Waals surface area contributed by atoms with Gasteiger partial charge in [-0.1, -0.05) is 0 Å². The maximum absolute atomic E-state index is 11.7. The van der Waals surface area contributed by atoms with Crippen LogP contribution in [0.15, 0.2) is 30.5 Å². The number of carbonyl (C=O) groups is 1. The van der Waals surface area contributed by atoms with E-state index in [-0.39, 0.29) is 29.1 Å². The molecule has 1 aromatic heterocycles. The molecular formula is C19H18N4O3S. The van der Waals surface area contributed by atoms with Crippen molar-refractivity contribution in [2.24, 2.45) is 0 Å². The number of nitriles is 1. The molecule has 8 heteroatoms. The highest BCUT2D eigenvalue weighted by Crippen LogP contribution is 2.49. The summed E-state index contributed by atoms with van der Waals surface area (Å²) in [6.07, 6.45) is 2.20. The summed E-state index contributed by atoms with van der Waals surface area (Å²) in [5.74, 6) is 0.810. The molecule has 7 nitrogen and oxygen atoms in total. The molecule has 2 aromatic rings. The van der Waals surface area contributed by atoms with Crippen LogP contribution < -0.4 is 15.4 Å². The molecule has 1 saturated carbocycles. The standard InChI is InChI=1S/C19H18N4O3S/c1-10(24)12-4-5-15(26-2)17(18(12)25)13-7-14(13)22-19(27)23-16-6-3-11(8-20)9-21-16/h3-6,9,13-14,25H,7H2,1-2H3,(H2,21,22,23,27)/t13?,14-/m1/s1. The van der Waals surface area contributed by atoms with Crippen LogP contribution in [-0.2, 0) is 0 Å². The van der Waals surface area contributed by atoms with E-state index in [2.05, 4.69) is 15.6 Å². The number of phenolic OH excluding ortho intramolecular Hbond substituents is 1. The molecule has 3 rings (SSSR count). The first-order chi connectivity index (χ1) is 12.9. The largest absolute Gasteiger partial charge is 0.507 e. The number of ether oxygens (including phenoxy) is 1. The lowest BCUT2D eigenvalue weighted by molar-refractivity contribution is 0.101. The molecule has 2 atom stereocenters. The average Bonchev–Trinajstić information content (AvgIpc) is 3.39. The number of nitrogens with zero attached hydrogens (tertiary/aromatic N) is 2. The van der Waals surface area contributed by atoms with Crippen LogP contribution in [0.2, 0.25) is 0 Å². The van der Waals surface area contributed by atoms with Gasteiger partial charge in [-0.05, 0) is 49.8 Å². The average molecular weight is 382 g/mol. The van der Waals surface area contributed by atoms with Crippen molar-refractivity contribution in [2.75, 3.05) is 12.4 Å². The van der Waals surface area contributed by atoms with Gasteiger partial charge in [-0.25, -0.2) is 4.98 Å². The maximum atomic E-state index is 11.7. The van der Waals surface area contributed by atoms with Gasteiger partial charge < -0.3 is 20.5 Å². The lowest BCUT2D eigenvalue weighted by Gasteiger charge is -2.14. The number of pyridine rings is 1. The third-order valence-corrected chi connectivity index (χ3v) is 4.61. The third-order valence-electron chi connectivity index (χ3n) is 4.39. The minimum atomic E-state index is -0.203. The van der Waals surface area contributed by atoms with E-state index >= 15 is 0 Å². The smallest absolute Gasteiger partial charge is 0.172 e. The summed E-state index contributed by atoms with van der Waals surface area (Å²) in [6.45, 7) is 1.41. The number of carbonyl (C=O) groups excluding carboxylic acids is 1. The van der Waals surface area contributed by atoms with Gasteiger partial charge in [0.25, 0.3) is 0 Å². The van der Waals surface area contributed by atoms with Crippen LogP contribution in [-0.4, -0.2) is 34.1 Å². The van der Waals surface area contributed by atoms with E-state index in [1.165, 1.54) is 20.2 Å². The van der Waals surface area contributed by atoms with Gasteiger partial charge >= 0.3 is 0 Å². The van der Waals surface area contributed by atoms with Crippen LogP contribution >= 0.6 is 12.2 Å². The zero-order valence-electron chi connectivity index (χ0n) is 14.8. The number of thiocarbonyl (C=S) groups is 1. The van der Waals surface area contributed by atoms with E-state index in [4.69, 9.17) is 22.2 Å². The second-order valence-electron chi connectivity index (χ2n) is 6.22. The number of ketones is 1. The minimum Gasteiger partial charge on any atom is -0.507 e. The highest BCUT2D eigenvalue weighted by Gasteiger charge is 2.43. The third kappa shape index (κ3) is 3.99. The Kier molecular flexibility index (Phi) is 5.23. The summed E-state index contributed by atoms with van der Waals surface area (Å²) in [5, 5.41) is 25.8. The Bertz CT molecular complexity index is 937. The van der Waals surface area contributed by atoms with E-state index in [0.29, 0.717) is 27.8 Å². The lowest BCUT2D eigenvalue weighted by atomic mass is 10.0. The fourth-order valence-corrected chi connectivity index (χ4v) is 3.19. The molecule has 0 saturated heterocycles. The van der Waals surface area contributed by atoms with Crippen molar-refractivity contribution in [2.45, 2.75) is 25.3 Å². The highest BCUT2D eigenvalue weighted by atomic mass is 32.1. The molecule has 0 spiro atoms. The Labute approximate surface area is 162 Å². The highest BCUT2D eigenvalue weighted by molar-refractivity contribution is 7.80. The number of aromatic nitrogens is 1. The summed E-state index contributed by atoms with van der Waals surface area (Å²) >= 11 is 5.30. The number of methoxy groups -OCH3 is 1. The molecule has 27 heavy (non-hydrogen) atoms. The first-order valence-electron chi connectivity index (χ1n) is 8.29. The molecule has 1 aliphatic carbocycles. The molecule has 0 amide bonds. The quantitative estimate of drug-likeness (QED) is 0.535. The van der Waals surface area contributed by atoms with Gasteiger partial charge in [0.15, 0.2) is 10.9 Å². The minimum absolute atomic E-state index is 0.00499. The second kappa shape index (κ2) is 7.60. The monoisotopic (exact) mass is 382 g/mol. The van der Waals surface area contributed by atoms with Gasteiger partial charge in [-0.15, -0.1) is 0 Å². The molecule has 0 radical (unpaired) electrons. The van der Waals surface area contributed by atoms with Crippen LogP contribution in [0.25, 0.3) is 0 Å². The number of hydrogen-bond acceptors (Lipinski definition) is 6. The van der Waals surface area contributed by atoms with Crippen molar-refractivity contribution >= 4 is 28.9 Å². The number of aromatic hydroxyl groups is 1. The molecule has 1 heterocycles. The zero-order valence-corrected chi connectivity index (χ0v) is 15.6. The van der Waals surface area contributed by atoms with Crippen LogP contribution in [0.1, 0.15) is 40.7 Å². The number of hydrogen-bond donors (Lipinski definition) is 3. The van der Waals surface area contributed by atoms with Gasteiger partial charge in [0.05, 0.1) is 18.2 Å². The molecule has 0 bridgehead atoms. The van der Waals surface area contributed by atoms with E-state index in [1.54, 1.807) is 24.3 Å². The maximum Gasteiger partial charge on any atom is 0.172 e. The normalized spacial score (nSPS) is 17.5. The Morgan fingerprint density at radius 1 is 1.41 bits per heavy atom. The van der Waals surface area contributed by atoms with E-state index in [1.807, 2.05) is 6.07 Å². The molecule has 1 fully saturated rings. The first kappa shape index (κ1) is 18.6. The number of benzene rings is 1. The first-order valence-corrected chi connectivity index (χ1v) is 8.70. The molecule has 0 aliphatic heterocycles. The van der Waals surface area contributed by atoms with Gasteiger partial charge in [0.2, 0.25) is 0 Å². The molecule has 1 aromatic carbocycles. The number of Topliss-reactive ketones (excluding diaryl/α,β-unsaturated/α-hetero) is 1. The van der Waals surface area contributed by atoms with Crippen LogP contribution in [0.5, 0.6) is 11.5 Å². The Morgan fingerprint density at radius 2 is 2.19 bits per heavy atom. The summed E-state index contributed by atoms with van der Waals surface area (Å²) in [4.78, 5) is 15.8. The second-order valence-corrected chi connectivity index (χ2v) is 6.63. The molecule has 1 aliphatic rings. The van der Waals surface area contributed by atoms with Crippen molar-refractivity contribution < 1.29 is 14.6 Å². The van der Waals surface area contributed by atoms with Gasteiger partial charge in [0.1, 0.15) is 23.4 Å².